The average Bonchev–Trinajstić information content (AvgIpc) is 2.85. The predicted octanol–water partition coefficient (Wildman–Crippen LogP) is 3.52. The van der Waals surface area contributed by atoms with Gasteiger partial charge in [-0.3, -0.25) is 0 Å². The van der Waals surface area contributed by atoms with Crippen LogP contribution in [-0.2, 0) is 10.0 Å². The molecule has 1 saturated carbocycles. The van der Waals surface area contributed by atoms with Crippen LogP contribution in [0.1, 0.15) is 25.7 Å². The Balaban J connectivity index is 0.00000176. The number of rotatable bonds is 3. The maximum absolute atomic E-state index is 12.5. The van der Waals surface area contributed by atoms with Crippen molar-refractivity contribution in [2.24, 2.45) is 5.73 Å². The van der Waals surface area contributed by atoms with Crippen molar-refractivity contribution < 1.29 is 8.42 Å². The zero-order valence-corrected chi connectivity index (χ0v) is 15.0. The highest BCUT2D eigenvalue weighted by atomic mass is 35.5. The molecular formula is C14H18Cl2N2O2S2. The topological polar surface area (TPSA) is 72.2 Å². The van der Waals surface area contributed by atoms with Crippen molar-refractivity contribution in [3.8, 4) is 0 Å². The summed E-state index contributed by atoms with van der Waals surface area (Å²) in [5, 5.41) is 1.47. The molecule has 4 nitrogen and oxygen atoms in total. The predicted molar refractivity (Wildman–Crippen MR) is 94.6 cm³/mol. The number of sulfonamides is 1. The van der Waals surface area contributed by atoms with Crippen LogP contribution < -0.4 is 10.5 Å². The summed E-state index contributed by atoms with van der Waals surface area (Å²) >= 11 is 7.21. The van der Waals surface area contributed by atoms with Crippen LogP contribution >= 0.6 is 35.3 Å². The second-order valence-electron chi connectivity index (χ2n) is 5.48. The summed E-state index contributed by atoms with van der Waals surface area (Å²) in [5.41, 5.74) is 5.85. The summed E-state index contributed by atoms with van der Waals surface area (Å²) < 4.78 is 29.0. The molecule has 1 aliphatic rings. The smallest absolute Gasteiger partial charge is 0.250 e. The second kappa shape index (κ2) is 7.03. The van der Waals surface area contributed by atoms with Crippen LogP contribution in [0.15, 0.2) is 28.5 Å². The second-order valence-corrected chi connectivity index (χ2v) is 8.94. The lowest BCUT2D eigenvalue weighted by Gasteiger charge is -2.26. The van der Waals surface area contributed by atoms with Gasteiger partial charge in [-0.2, -0.15) is 0 Å². The van der Waals surface area contributed by atoms with Crippen molar-refractivity contribution in [1.82, 2.24) is 4.72 Å². The minimum absolute atomic E-state index is 0. The summed E-state index contributed by atoms with van der Waals surface area (Å²) in [6.07, 6.45) is 3.35. The number of hydrogen-bond donors (Lipinski definition) is 2. The van der Waals surface area contributed by atoms with Crippen molar-refractivity contribution in [3.05, 3.63) is 29.3 Å². The fraction of sp³-hybridized carbons (Fsp3) is 0.429. The van der Waals surface area contributed by atoms with E-state index in [1.807, 2.05) is 6.07 Å². The van der Waals surface area contributed by atoms with Gasteiger partial charge in [0, 0.05) is 21.8 Å². The minimum Gasteiger partial charge on any atom is -0.328 e. The third kappa shape index (κ3) is 3.93. The number of hydrogen-bond acceptors (Lipinski definition) is 4. The lowest BCUT2D eigenvalue weighted by molar-refractivity contribution is 0.374. The van der Waals surface area contributed by atoms with Crippen molar-refractivity contribution in [2.45, 2.75) is 42.0 Å². The monoisotopic (exact) mass is 380 g/mol. The molecule has 1 fully saturated rings. The van der Waals surface area contributed by atoms with Gasteiger partial charge in [0.1, 0.15) is 4.21 Å². The van der Waals surface area contributed by atoms with Gasteiger partial charge in [-0.1, -0.05) is 11.6 Å². The molecule has 2 aromatic rings. The zero-order chi connectivity index (χ0) is 15.0. The van der Waals surface area contributed by atoms with Crippen molar-refractivity contribution in [2.75, 3.05) is 0 Å². The fourth-order valence-corrected chi connectivity index (χ4v) is 5.52. The summed E-state index contributed by atoms with van der Waals surface area (Å²) in [5.74, 6) is 0. The number of thiophene rings is 1. The van der Waals surface area contributed by atoms with Crippen LogP contribution in [0.3, 0.4) is 0 Å². The number of nitrogens with two attached hydrogens (primary N) is 1. The quantitative estimate of drug-likeness (QED) is 0.855. The molecule has 122 valence electrons. The average molecular weight is 381 g/mol. The maximum atomic E-state index is 12.5. The lowest BCUT2D eigenvalue weighted by atomic mass is 9.93. The Morgan fingerprint density at radius 1 is 1.18 bits per heavy atom. The molecule has 0 bridgehead atoms. The van der Waals surface area contributed by atoms with E-state index in [0.29, 0.717) is 9.23 Å². The van der Waals surface area contributed by atoms with Gasteiger partial charge in [0.15, 0.2) is 0 Å². The molecule has 0 amide bonds. The first kappa shape index (κ1) is 18.0. The number of halogens is 2. The van der Waals surface area contributed by atoms with Gasteiger partial charge in [0.05, 0.1) is 0 Å². The van der Waals surface area contributed by atoms with Crippen LogP contribution in [0.25, 0.3) is 10.1 Å². The molecule has 1 aromatic carbocycles. The standard InChI is InChI=1S/C14H17ClN2O2S2.ClH/c15-10-1-6-13-9(7-10)8-14(20-13)21(18,19)17-12-4-2-11(16)3-5-12;/h1,6-8,11-12,17H,2-5,16H2;1H. The third-order valence-corrected chi connectivity index (χ3v) is 7.16. The summed E-state index contributed by atoms with van der Waals surface area (Å²) in [7, 11) is -3.47. The molecule has 0 spiro atoms. The minimum atomic E-state index is -3.47. The molecule has 0 radical (unpaired) electrons. The Labute approximate surface area is 145 Å². The van der Waals surface area contributed by atoms with Crippen LogP contribution in [0.2, 0.25) is 5.02 Å². The van der Waals surface area contributed by atoms with Gasteiger partial charge in [-0.05, 0) is 55.3 Å². The van der Waals surface area contributed by atoms with Gasteiger partial charge in [0.25, 0.3) is 0 Å². The Bertz CT molecular complexity index is 753. The van der Waals surface area contributed by atoms with E-state index >= 15 is 0 Å². The Morgan fingerprint density at radius 2 is 1.86 bits per heavy atom. The molecule has 1 heterocycles. The molecule has 0 saturated heterocycles. The molecule has 3 N–H and O–H groups in total. The maximum Gasteiger partial charge on any atom is 0.250 e. The van der Waals surface area contributed by atoms with Gasteiger partial charge >= 0.3 is 0 Å². The Hall–Kier alpha value is -0.370. The van der Waals surface area contributed by atoms with Gasteiger partial charge in [-0.25, -0.2) is 13.1 Å². The first-order valence-electron chi connectivity index (χ1n) is 6.91. The van der Waals surface area contributed by atoms with E-state index in [-0.39, 0.29) is 24.5 Å². The van der Waals surface area contributed by atoms with Gasteiger partial charge in [-0.15, -0.1) is 23.7 Å². The number of nitrogens with one attached hydrogen (secondary N) is 1. The molecule has 1 aliphatic carbocycles. The highest BCUT2D eigenvalue weighted by Crippen LogP contribution is 2.31. The number of benzene rings is 1. The summed E-state index contributed by atoms with van der Waals surface area (Å²) in [4.78, 5) is 0. The Kier molecular flexibility index (Phi) is 5.74. The van der Waals surface area contributed by atoms with Gasteiger partial charge < -0.3 is 5.73 Å². The molecule has 22 heavy (non-hydrogen) atoms. The van der Waals surface area contributed by atoms with Crippen molar-refractivity contribution in [1.29, 1.82) is 0 Å². The van der Waals surface area contributed by atoms with Crippen LogP contribution in [0.4, 0.5) is 0 Å². The van der Waals surface area contributed by atoms with E-state index in [4.69, 9.17) is 17.3 Å². The fourth-order valence-electron chi connectivity index (χ4n) is 2.64. The largest absolute Gasteiger partial charge is 0.328 e. The molecule has 3 rings (SSSR count). The van der Waals surface area contributed by atoms with E-state index in [2.05, 4.69) is 4.72 Å². The van der Waals surface area contributed by atoms with Crippen LogP contribution in [0.5, 0.6) is 0 Å². The highest BCUT2D eigenvalue weighted by Gasteiger charge is 2.25. The Morgan fingerprint density at radius 3 is 2.55 bits per heavy atom. The van der Waals surface area contributed by atoms with Crippen LogP contribution in [-0.4, -0.2) is 20.5 Å². The van der Waals surface area contributed by atoms with Gasteiger partial charge in [0.2, 0.25) is 10.0 Å². The zero-order valence-electron chi connectivity index (χ0n) is 11.8. The molecular weight excluding hydrogens is 363 g/mol. The highest BCUT2D eigenvalue weighted by molar-refractivity contribution is 7.91. The molecule has 0 aliphatic heterocycles. The normalized spacial score (nSPS) is 22.5. The van der Waals surface area contributed by atoms with E-state index in [1.165, 1.54) is 11.3 Å². The van der Waals surface area contributed by atoms with Crippen LogP contribution in [0, 0.1) is 0 Å². The molecule has 0 unspecified atom stereocenters. The lowest BCUT2D eigenvalue weighted by Crippen LogP contribution is -2.40. The van der Waals surface area contributed by atoms with E-state index in [9.17, 15) is 8.42 Å². The third-order valence-electron chi connectivity index (χ3n) is 3.81. The van der Waals surface area contributed by atoms with E-state index in [1.54, 1.807) is 18.2 Å². The summed E-state index contributed by atoms with van der Waals surface area (Å²) in [6.45, 7) is 0. The molecule has 0 atom stereocenters. The van der Waals surface area contributed by atoms with E-state index in [0.717, 1.165) is 35.8 Å². The van der Waals surface area contributed by atoms with Crippen molar-refractivity contribution in [3.63, 3.8) is 0 Å². The number of fused-ring (bicyclic) bond motifs is 1. The SMILES string of the molecule is Cl.NC1CCC(NS(=O)(=O)c2cc3cc(Cl)ccc3s2)CC1. The first-order valence-corrected chi connectivity index (χ1v) is 9.59. The molecule has 1 aromatic heterocycles. The first-order chi connectivity index (χ1) is 9.94. The van der Waals surface area contributed by atoms with E-state index < -0.39 is 10.0 Å². The molecule has 8 heteroatoms. The summed E-state index contributed by atoms with van der Waals surface area (Å²) in [6, 6.07) is 7.28. The van der Waals surface area contributed by atoms with Crippen molar-refractivity contribution >= 4 is 55.5 Å².